The third-order valence-electron chi connectivity index (χ3n) is 5.89. The standard InChI is InChI=1S/C21H24N4O2S2/c1-29(26,27)13-21(8-9-21)12-23-19-17-15-6-2-3-7-16(15)28-20(17)25-18(24-19)14-5-4-10-22-11-14/h4-5,10-11H,2-3,6-9,12-13H2,1H3,(H,23,24,25). The Bertz CT molecular complexity index is 1170. The van der Waals surface area contributed by atoms with Crippen molar-refractivity contribution >= 4 is 37.2 Å². The van der Waals surface area contributed by atoms with Crippen LogP contribution in [0.5, 0.6) is 0 Å². The van der Waals surface area contributed by atoms with Crippen LogP contribution in [0, 0.1) is 5.41 Å². The van der Waals surface area contributed by atoms with Crippen LogP contribution in [0.25, 0.3) is 21.6 Å². The number of nitrogens with one attached hydrogen (secondary N) is 1. The van der Waals surface area contributed by atoms with Crippen LogP contribution in [-0.2, 0) is 22.7 Å². The van der Waals surface area contributed by atoms with E-state index in [2.05, 4.69) is 10.3 Å². The van der Waals surface area contributed by atoms with Crippen LogP contribution in [0.4, 0.5) is 5.82 Å². The normalized spacial score (nSPS) is 17.8. The number of hydrogen-bond donors (Lipinski definition) is 1. The number of fused-ring (bicyclic) bond motifs is 3. The van der Waals surface area contributed by atoms with Crippen molar-refractivity contribution in [2.75, 3.05) is 23.9 Å². The van der Waals surface area contributed by atoms with Gasteiger partial charge in [0.2, 0.25) is 0 Å². The lowest BCUT2D eigenvalue weighted by Gasteiger charge is -2.17. The van der Waals surface area contributed by atoms with E-state index in [1.165, 1.54) is 29.5 Å². The van der Waals surface area contributed by atoms with E-state index in [0.717, 1.165) is 47.3 Å². The number of thiophene rings is 1. The van der Waals surface area contributed by atoms with Crippen LogP contribution in [0.3, 0.4) is 0 Å². The van der Waals surface area contributed by atoms with Gasteiger partial charge in [0.05, 0.1) is 11.1 Å². The first-order chi connectivity index (χ1) is 13.9. The zero-order chi connectivity index (χ0) is 20.1. The Morgan fingerprint density at radius 1 is 1.21 bits per heavy atom. The van der Waals surface area contributed by atoms with Gasteiger partial charge in [0.1, 0.15) is 20.5 Å². The van der Waals surface area contributed by atoms with E-state index in [1.807, 2.05) is 12.1 Å². The van der Waals surface area contributed by atoms with E-state index >= 15 is 0 Å². The minimum atomic E-state index is -3.00. The van der Waals surface area contributed by atoms with Gasteiger partial charge in [0.15, 0.2) is 5.82 Å². The Morgan fingerprint density at radius 2 is 2.03 bits per heavy atom. The van der Waals surface area contributed by atoms with Gasteiger partial charge in [-0.3, -0.25) is 4.98 Å². The molecule has 3 aromatic rings. The molecule has 152 valence electrons. The number of aryl methyl sites for hydroxylation is 2. The van der Waals surface area contributed by atoms with Crippen LogP contribution in [0.15, 0.2) is 24.5 Å². The third kappa shape index (κ3) is 3.88. The summed E-state index contributed by atoms with van der Waals surface area (Å²) in [5.74, 6) is 1.74. The molecule has 29 heavy (non-hydrogen) atoms. The van der Waals surface area contributed by atoms with E-state index in [-0.39, 0.29) is 11.2 Å². The van der Waals surface area contributed by atoms with Gasteiger partial charge in [-0.25, -0.2) is 18.4 Å². The van der Waals surface area contributed by atoms with Crippen LogP contribution in [0.2, 0.25) is 0 Å². The van der Waals surface area contributed by atoms with Gasteiger partial charge >= 0.3 is 0 Å². The maximum absolute atomic E-state index is 11.8. The molecule has 0 atom stereocenters. The predicted molar refractivity (Wildman–Crippen MR) is 117 cm³/mol. The van der Waals surface area contributed by atoms with Crippen molar-refractivity contribution in [2.45, 2.75) is 38.5 Å². The molecule has 2 aliphatic rings. The number of rotatable bonds is 6. The molecular weight excluding hydrogens is 404 g/mol. The molecule has 0 radical (unpaired) electrons. The van der Waals surface area contributed by atoms with Crippen molar-refractivity contribution < 1.29 is 8.42 Å². The van der Waals surface area contributed by atoms with Crippen molar-refractivity contribution in [3.05, 3.63) is 35.0 Å². The third-order valence-corrected chi connectivity index (χ3v) is 8.21. The smallest absolute Gasteiger partial charge is 0.164 e. The maximum atomic E-state index is 11.8. The lowest BCUT2D eigenvalue weighted by Crippen LogP contribution is -2.24. The highest BCUT2D eigenvalue weighted by Crippen LogP contribution is 2.47. The Morgan fingerprint density at radius 3 is 2.76 bits per heavy atom. The molecule has 0 saturated heterocycles. The molecule has 0 bridgehead atoms. The first kappa shape index (κ1) is 18.9. The van der Waals surface area contributed by atoms with Crippen molar-refractivity contribution in [3.8, 4) is 11.4 Å². The highest BCUT2D eigenvalue weighted by Gasteiger charge is 2.45. The van der Waals surface area contributed by atoms with Gasteiger partial charge in [0, 0.05) is 41.0 Å². The summed E-state index contributed by atoms with van der Waals surface area (Å²) in [5, 5.41) is 4.66. The van der Waals surface area contributed by atoms with E-state index in [1.54, 1.807) is 23.7 Å². The van der Waals surface area contributed by atoms with Crippen LogP contribution in [0.1, 0.15) is 36.1 Å². The zero-order valence-corrected chi connectivity index (χ0v) is 18.1. The van der Waals surface area contributed by atoms with Gasteiger partial charge in [-0.1, -0.05) is 0 Å². The summed E-state index contributed by atoms with van der Waals surface area (Å²) in [6.45, 7) is 0.628. The lowest BCUT2D eigenvalue weighted by molar-refractivity contribution is 0.560. The van der Waals surface area contributed by atoms with Crippen molar-refractivity contribution in [3.63, 3.8) is 0 Å². The maximum Gasteiger partial charge on any atom is 0.164 e. The van der Waals surface area contributed by atoms with Gasteiger partial charge in [0.25, 0.3) is 0 Å². The topological polar surface area (TPSA) is 84.8 Å². The largest absolute Gasteiger partial charge is 0.369 e. The van der Waals surface area contributed by atoms with Gasteiger partial charge in [-0.15, -0.1) is 11.3 Å². The average Bonchev–Trinajstić information content (AvgIpc) is 3.34. The molecule has 2 aliphatic carbocycles. The number of pyridine rings is 1. The van der Waals surface area contributed by atoms with Crippen LogP contribution >= 0.6 is 11.3 Å². The van der Waals surface area contributed by atoms with Gasteiger partial charge < -0.3 is 5.32 Å². The Labute approximate surface area is 174 Å². The molecular formula is C21H24N4O2S2. The molecule has 1 fully saturated rings. The molecule has 8 heteroatoms. The summed E-state index contributed by atoms with van der Waals surface area (Å²) in [6, 6.07) is 3.86. The summed E-state index contributed by atoms with van der Waals surface area (Å²) in [4.78, 5) is 16.4. The fourth-order valence-corrected chi connectivity index (χ4v) is 7.05. The summed E-state index contributed by atoms with van der Waals surface area (Å²) >= 11 is 1.77. The minimum Gasteiger partial charge on any atom is -0.369 e. The number of anilines is 1. The average molecular weight is 429 g/mol. The minimum absolute atomic E-state index is 0.157. The Hall–Kier alpha value is -2.06. The van der Waals surface area contributed by atoms with Gasteiger partial charge in [-0.05, 0) is 56.2 Å². The molecule has 1 saturated carbocycles. The highest BCUT2D eigenvalue weighted by atomic mass is 32.2. The number of sulfone groups is 1. The second-order valence-corrected chi connectivity index (χ2v) is 11.7. The van der Waals surface area contributed by atoms with E-state index in [0.29, 0.717) is 12.4 Å². The summed E-state index contributed by atoms with van der Waals surface area (Å²) < 4.78 is 23.7. The Kier molecular flexibility index (Phi) is 4.58. The second kappa shape index (κ2) is 7.02. The number of nitrogens with zero attached hydrogens (tertiary/aromatic N) is 3. The SMILES string of the molecule is CS(=O)(=O)CC1(CNc2nc(-c3cccnc3)nc3sc4c(c23)CCCC4)CC1. The number of hydrogen-bond acceptors (Lipinski definition) is 7. The van der Waals surface area contributed by atoms with Crippen molar-refractivity contribution in [1.29, 1.82) is 0 Å². The molecule has 5 rings (SSSR count). The number of aromatic nitrogens is 3. The summed E-state index contributed by atoms with van der Waals surface area (Å²) in [6.07, 6.45) is 11.3. The predicted octanol–water partition coefficient (Wildman–Crippen LogP) is 3.87. The van der Waals surface area contributed by atoms with E-state index in [9.17, 15) is 8.42 Å². The first-order valence-electron chi connectivity index (χ1n) is 10.1. The monoisotopic (exact) mass is 428 g/mol. The fourth-order valence-electron chi connectivity index (χ4n) is 4.29. The second-order valence-electron chi connectivity index (χ2n) is 8.45. The summed E-state index contributed by atoms with van der Waals surface area (Å²) in [5.41, 5.74) is 2.11. The lowest BCUT2D eigenvalue weighted by atomic mass is 9.97. The fraction of sp³-hybridized carbons (Fsp3) is 0.476. The van der Waals surface area contributed by atoms with Crippen LogP contribution < -0.4 is 5.32 Å². The summed E-state index contributed by atoms with van der Waals surface area (Å²) in [7, 11) is -3.00. The molecule has 1 N–H and O–H groups in total. The van der Waals surface area contributed by atoms with Crippen LogP contribution in [-0.4, -0.2) is 41.9 Å². The molecule has 0 aromatic carbocycles. The molecule has 0 spiro atoms. The molecule has 0 aliphatic heterocycles. The Balaban J connectivity index is 1.56. The molecule has 3 heterocycles. The van der Waals surface area contributed by atoms with E-state index < -0.39 is 9.84 Å². The highest BCUT2D eigenvalue weighted by molar-refractivity contribution is 7.90. The first-order valence-corrected chi connectivity index (χ1v) is 12.9. The van der Waals surface area contributed by atoms with Crippen molar-refractivity contribution in [1.82, 2.24) is 15.0 Å². The zero-order valence-electron chi connectivity index (χ0n) is 16.4. The molecule has 3 aromatic heterocycles. The molecule has 6 nitrogen and oxygen atoms in total. The van der Waals surface area contributed by atoms with E-state index in [4.69, 9.17) is 9.97 Å². The molecule has 0 amide bonds. The van der Waals surface area contributed by atoms with Gasteiger partial charge in [-0.2, -0.15) is 0 Å². The van der Waals surface area contributed by atoms with Crippen molar-refractivity contribution in [2.24, 2.45) is 5.41 Å². The molecule has 0 unspecified atom stereocenters. The quantitative estimate of drug-likeness (QED) is 0.642.